The fraction of sp³-hybridized carbons (Fsp3) is 1.00. The molecule has 1 saturated heterocycles. The van der Waals surface area contributed by atoms with Crippen LogP contribution in [0.2, 0.25) is 0 Å². The predicted octanol–water partition coefficient (Wildman–Crippen LogP) is 2.18. The summed E-state index contributed by atoms with van der Waals surface area (Å²) in [6, 6.07) is 0. The minimum Gasteiger partial charge on any atom is -0.350 e. The molecular weight excluding hydrogens is 140 g/mol. The summed E-state index contributed by atoms with van der Waals surface area (Å²) in [5.74, 6) is 0. The molecule has 2 unspecified atom stereocenters. The van der Waals surface area contributed by atoms with Gasteiger partial charge in [-0.05, 0) is 18.8 Å². The second kappa shape index (κ2) is 3.11. The maximum Gasteiger partial charge on any atom is 0.184 e. The Balaban J connectivity index is 1.97. The molecule has 1 heterocycles. The molecule has 0 bridgehead atoms. The molecule has 2 atom stereocenters. The van der Waals surface area contributed by atoms with Crippen molar-refractivity contribution in [3.05, 3.63) is 0 Å². The van der Waals surface area contributed by atoms with Crippen molar-refractivity contribution in [2.75, 3.05) is 6.61 Å². The molecule has 1 aliphatic rings. The monoisotopic (exact) mass is 158 g/mol. The number of hydrogen-bond donors (Lipinski definition) is 0. The quantitative estimate of drug-likeness (QED) is 0.587. The highest BCUT2D eigenvalue weighted by Gasteiger charge is 2.35. The smallest absolute Gasteiger partial charge is 0.184 e. The zero-order valence-electron chi connectivity index (χ0n) is 7.89. The number of ether oxygens (including phenoxy) is 2. The van der Waals surface area contributed by atoms with Crippen LogP contribution in [-0.4, -0.2) is 19.0 Å². The maximum absolute atomic E-state index is 5.42. The molecule has 0 aromatic carbocycles. The van der Waals surface area contributed by atoms with Crippen LogP contribution in [0, 0.1) is 5.41 Å². The van der Waals surface area contributed by atoms with Gasteiger partial charge in [0.15, 0.2) is 6.29 Å². The molecule has 66 valence electrons. The second-order valence-corrected chi connectivity index (χ2v) is 4.39. The van der Waals surface area contributed by atoms with E-state index < -0.39 is 0 Å². The molecule has 1 fully saturated rings. The first-order valence-corrected chi connectivity index (χ1v) is 4.26. The standard InChI is InChI=1S/C9H18O2/c1-7-8(11-7)10-6-5-9(2,3)4/h7-8H,5-6H2,1-4H3. The zero-order valence-corrected chi connectivity index (χ0v) is 7.89. The van der Waals surface area contributed by atoms with E-state index >= 15 is 0 Å². The molecule has 11 heavy (non-hydrogen) atoms. The Morgan fingerprint density at radius 3 is 2.27 bits per heavy atom. The molecule has 0 aromatic heterocycles. The second-order valence-electron chi connectivity index (χ2n) is 4.39. The third-order valence-corrected chi connectivity index (χ3v) is 1.79. The summed E-state index contributed by atoms with van der Waals surface area (Å²) in [7, 11) is 0. The molecule has 0 amide bonds. The minimum absolute atomic E-state index is 0.0948. The van der Waals surface area contributed by atoms with E-state index in [0.717, 1.165) is 13.0 Å². The highest BCUT2D eigenvalue weighted by atomic mass is 16.8. The SMILES string of the molecule is CC1OC1OCCC(C)(C)C. The van der Waals surface area contributed by atoms with Gasteiger partial charge < -0.3 is 9.47 Å². The van der Waals surface area contributed by atoms with Crippen molar-refractivity contribution < 1.29 is 9.47 Å². The molecule has 0 radical (unpaired) electrons. The van der Waals surface area contributed by atoms with Crippen LogP contribution in [-0.2, 0) is 9.47 Å². The summed E-state index contributed by atoms with van der Waals surface area (Å²) >= 11 is 0. The topological polar surface area (TPSA) is 21.8 Å². The van der Waals surface area contributed by atoms with Crippen molar-refractivity contribution in [2.24, 2.45) is 5.41 Å². The molecule has 1 rings (SSSR count). The average molecular weight is 158 g/mol. The van der Waals surface area contributed by atoms with Gasteiger partial charge in [0.1, 0.15) is 6.10 Å². The number of hydrogen-bond acceptors (Lipinski definition) is 2. The van der Waals surface area contributed by atoms with Gasteiger partial charge in [0.05, 0.1) is 6.61 Å². The summed E-state index contributed by atoms with van der Waals surface area (Å²) in [6.07, 6.45) is 1.52. The van der Waals surface area contributed by atoms with Crippen molar-refractivity contribution in [1.29, 1.82) is 0 Å². The van der Waals surface area contributed by atoms with Gasteiger partial charge in [0, 0.05) is 0 Å². The van der Waals surface area contributed by atoms with Crippen molar-refractivity contribution in [3.63, 3.8) is 0 Å². The van der Waals surface area contributed by atoms with Crippen molar-refractivity contribution in [1.82, 2.24) is 0 Å². The first-order chi connectivity index (χ1) is 4.99. The Hall–Kier alpha value is -0.0800. The fourth-order valence-electron chi connectivity index (χ4n) is 0.822. The highest BCUT2D eigenvalue weighted by molar-refractivity contribution is 4.71. The highest BCUT2D eigenvalue weighted by Crippen LogP contribution is 2.24. The van der Waals surface area contributed by atoms with Gasteiger partial charge in [-0.3, -0.25) is 0 Å². The van der Waals surface area contributed by atoms with Crippen LogP contribution in [0.15, 0.2) is 0 Å². The van der Waals surface area contributed by atoms with E-state index in [9.17, 15) is 0 Å². The van der Waals surface area contributed by atoms with Crippen LogP contribution in [0.4, 0.5) is 0 Å². The van der Waals surface area contributed by atoms with Gasteiger partial charge in [-0.25, -0.2) is 0 Å². The van der Waals surface area contributed by atoms with Gasteiger partial charge in [0.25, 0.3) is 0 Å². The minimum atomic E-state index is 0.0948. The Bertz CT molecular complexity index is 126. The molecular formula is C9H18O2. The molecule has 0 aromatic rings. The van der Waals surface area contributed by atoms with Crippen LogP contribution in [0.1, 0.15) is 34.1 Å². The number of epoxide rings is 1. The van der Waals surface area contributed by atoms with E-state index in [4.69, 9.17) is 9.47 Å². The molecule has 2 heteroatoms. The first kappa shape index (κ1) is 9.01. The van der Waals surface area contributed by atoms with Gasteiger partial charge in [-0.1, -0.05) is 20.8 Å². The average Bonchev–Trinajstić information content (AvgIpc) is 2.43. The van der Waals surface area contributed by atoms with E-state index in [2.05, 4.69) is 20.8 Å². The van der Waals surface area contributed by atoms with Crippen LogP contribution < -0.4 is 0 Å². The Kier molecular flexibility index (Phi) is 2.55. The zero-order chi connectivity index (χ0) is 8.48. The first-order valence-electron chi connectivity index (χ1n) is 4.26. The molecule has 0 aliphatic carbocycles. The Morgan fingerprint density at radius 1 is 1.36 bits per heavy atom. The normalized spacial score (nSPS) is 30.5. The number of rotatable bonds is 3. The third-order valence-electron chi connectivity index (χ3n) is 1.79. The maximum atomic E-state index is 5.42. The van der Waals surface area contributed by atoms with Crippen LogP contribution in [0.25, 0.3) is 0 Å². The van der Waals surface area contributed by atoms with E-state index in [-0.39, 0.29) is 6.29 Å². The summed E-state index contributed by atoms with van der Waals surface area (Å²) in [4.78, 5) is 0. The Morgan fingerprint density at radius 2 is 1.91 bits per heavy atom. The van der Waals surface area contributed by atoms with Crippen molar-refractivity contribution in [2.45, 2.75) is 46.5 Å². The molecule has 2 nitrogen and oxygen atoms in total. The van der Waals surface area contributed by atoms with Crippen LogP contribution in [0.3, 0.4) is 0 Å². The molecule has 1 aliphatic heterocycles. The van der Waals surface area contributed by atoms with Crippen LogP contribution in [0.5, 0.6) is 0 Å². The van der Waals surface area contributed by atoms with Crippen LogP contribution >= 0.6 is 0 Å². The summed E-state index contributed by atoms with van der Waals surface area (Å²) < 4.78 is 10.5. The van der Waals surface area contributed by atoms with Gasteiger partial charge in [0.2, 0.25) is 0 Å². The lowest BCUT2D eigenvalue weighted by molar-refractivity contribution is 0.0360. The lowest BCUT2D eigenvalue weighted by Gasteiger charge is -2.16. The van der Waals surface area contributed by atoms with E-state index in [0.29, 0.717) is 11.5 Å². The summed E-state index contributed by atoms with van der Waals surface area (Å²) in [5, 5.41) is 0. The molecule has 0 N–H and O–H groups in total. The van der Waals surface area contributed by atoms with Gasteiger partial charge in [-0.2, -0.15) is 0 Å². The largest absolute Gasteiger partial charge is 0.350 e. The lowest BCUT2D eigenvalue weighted by Crippen LogP contribution is -2.11. The van der Waals surface area contributed by atoms with Gasteiger partial charge >= 0.3 is 0 Å². The fourth-order valence-corrected chi connectivity index (χ4v) is 0.822. The van der Waals surface area contributed by atoms with Gasteiger partial charge in [-0.15, -0.1) is 0 Å². The lowest BCUT2D eigenvalue weighted by atomic mass is 9.93. The van der Waals surface area contributed by atoms with Crippen molar-refractivity contribution >= 4 is 0 Å². The Labute approximate surface area is 68.9 Å². The molecule has 0 saturated carbocycles. The van der Waals surface area contributed by atoms with Crippen molar-refractivity contribution in [3.8, 4) is 0 Å². The summed E-state index contributed by atoms with van der Waals surface area (Å²) in [5.41, 5.74) is 0.373. The van der Waals surface area contributed by atoms with E-state index in [1.165, 1.54) is 0 Å². The summed E-state index contributed by atoms with van der Waals surface area (Å²) in [6.45, 7) is 9.49. The van der Waals surface area contributed by atoms with E-state index in [1.54, 1.807) is 0 Å². The van der Waals surface area contributed by atoms with E-state index in [1.807, 2.05) is 6.92 Å². The molecule has 0 spiro atoms. The predicted molar refractivity (Wildman–Crippen MR) is 44.4 cm³/mol. The third kappa shape index (κ3) is 3.73.